The highest BCUT2D eigenvalue weighted by Gasteiger charge is 2.32. The molecule has 1 saturated heterocycles. The van der Waals surface area contributed by atoms with Crippen molar-refractivity contribution in [1.82, 2.24) is 4.90 Å². The first-order chi connectivity index (χ1) is 14.1. The highest BCUT2D eigenvalue weighted by molar-refractivity contribution is 9.10. The summed E-state index contributed by atoms with van der Waals surface area (Å²) in [7, 11) is -3.90. The molecule has 0 spiro atoms. The SMILES string of the molecule is Cc1ccc(Br)c(NS(=O)(=O)c2cccc(C(=O)N3C[C@@H](C(N)=O)CC[C@@H]3C)c2)c1. The van der Waals surface area contributed by atoms with Gasteiger partial charge in [0, 0.05) is 22.6 Å². The average molecular weight is 494 g/mol. The lowest BCUT2D eigenvalue weighted by Crippen LogP contribution is -2.48. The van der Waals surface area contributed by atoms with Gasteiger partial charge >= 0.3 is 0 Å². The summed E-state index contributed by atoms with van der Waals surface area (Å²) in [5.74, 6) is -1.14. The Hall–Kier alpha value is -2.39. The van der Waals surface area contributed by atoms with E-state index in [0.717, 1.165) is 5.56 Å². The standard InChI is InChI=1S/C21H24BrN3O4S/c1-13-6-9-18(22)19(10-13)24-30(28,29)17-5-3-4-15(11-17)21(27)25-12-16(20(23)26)8-7-14(25)2/h3-6,9-11,14,16,24H,7-8,12H2,1-2H3,(H2,23,26)/t14-,16-/m0/s1. The number of primary amides is 1. The van der Waals surface area contributed by atoms with Gasteiger partial charge in [0.2, 0.25) is 5.91 Å². The van der Waals surface area contributed by atoms with E-state index in [4.69, 9.17) is 5.73 Å². The number of aryl methyl sites for hydroxylation is 1. The maximum Gasteiger partial charge on any atom is 0.261 e. The van der Waals surface area contributed by atoms with E-state index < -0.39 is 21.8 Å². The number of amides is 2. The molecule has 160 valence electrons. The van der Waals surface area contributed by atoms with Crippen LogP contribution in [0.4, 0.5) is 5.69 Å². The minimum Gasteiger partial charge on any atom is -0.369 e. The predicted octanol–water partition coefficient (Wildman–Crippen LogP) is 3.28. The monoisotopic (exact) mass is 493 g/mol. The van der Waals surface area contributed by atoms with Gasteiger partial charge in [-0.2, -0.15) is 0 Å². The third kappa shape index (κ3) is 4.84. The molecule has 2 aromatic carbocycles. The van der Waals surface area contributed by atoms with Crippen molar-refractivity contribution in [3.05, 3.63) is 58.1 Å². The van der Waals surface area contributed by atoms with E-state index in [1.807, 2.05) is 19.9 Å². The Labute approximate surface area is 184 Å². The Morgan fingerprint density at radius 2 is 1.90 bits per heavy atom. The Balaban J connectivity index is 1.87. The van der Waals surface area contributed by atoms with E-state index in [1.165, 1.54) is 18.2 Å². The van der Waals surface area contributed by atoms with Gasteiger partial charge in [-0.3, -0.25) is 14.3 Å². The lowest BCUT2D eigenvalue weighted by molar-refractivity contribution is -0.123. The lowest BCUT2D eigenvalue weighted by Gasteiger charge is -2.37. The smallest absolute Gasteiger partial charge is 0.261 e. The van der Waals surface area contributed by atoms with Crippen LogP contribution in [0.15, 0.2) is 51.8 Å². The highest BCUT2D eigenvalue weighted by Crippen LogP contribution is 2.27. The Morgan fingerprint density at radius 1 is 1.17 bits per heavy atom. The van der Waals surface area contributed by atoms with E-state index >= 15 is 0 Å². The second-order valence-corrected chi connectivity index (χ2v) is 10.1. The van der Waals surface area contributed by atoms with E-state index in [9.17, 15) is 18.0 Å². The molecular formula is C21H24BrN3O4S. The van der Waals surface area contributed by atoms with Gasteiger partial charge in [0.05, 0.1) is 16.5 Å². The summed E-state index contributed by atoms with van der Waals surface area (Å²) in [5, 5.41) is 0. The average Bonchev–Trinajstić information content (AvgIpc) is 2.70. The molecule has 3 N–H and O–H groups in total. The summed E-state index contributed by atoms with van der Waals surface area (Å²) in [6.45, 7) is 4.01. The molecule has 2 amide bonds. The molecule has 0 unspecified atom stereocenters. The highest BCUT2D eigenvalue weighted by atomic mass is 79.9. The molecule has 1 aliphatic heterocycles. The van der Waals surface area contributed by atoms with Crippen molar-refractivity contribution in [1.29, 1.82) is 0 Å². The van der Waals surface area contributed by atoms with Crippen LogP contribution in [-0.2, 0) is 14.8 Å². The van der Waals surface area contributed by atoms with E-state index in [0.29, 0.717) is 23.0 Å². The van der Waals surface area contributed by atoms with Crippen molar-refractivity contribution < 1.29 is 18.0 Å². The zero-order valence-electron chi connectivity index (χ0n) is 16.8. The molecule has 0 radical (unpaired) electrons. The minimum atomic E-state index is -3.90. The summed E-state index contributed by atoms with van der Waals surface area (Å²) in [6, 6.07) is 11.2. The molecule has 1 heterocycles. The van der Waals surface area contributed by atoms with Crippen LogP contribution >= 0.6 is 15.9 Å². The molecular weight excluding hydrogens is 470 g/mol. The largest absolute Gasteiger partial charge is 0.369 e. The first-order valence-corrected chi connectivity index (χ1v) is 11.9. The number of nitrogens with two attached hydrogens (primary N) is 1. The number of likely N-dealkylation sites (tertiary alicyclic amines) is 1. The van der Waals surface area contributed by atoms with Crippen LogP contribution in [0.1, 0.15) is 35.7 Å². The van der Waals surface area contributed by atoms with Crippen molar-refractivity contribution in [3.8, 4) is 0 Å². The zero-order chi connectivity index (χ0) is 22.1. The summed E-state index contributed by atoms with van der Waals surface area (Å²) in [6.07, 6.45) is 1.31. The third-order valence-electron chi connectivity index (χ3n) is 5.30. The van der Waals surface area contributed by atoms with Gasteiger partial charge in [0.15, 0.2) is 0 Å². The summed E-state index contributed by atoms with van der Waals surface area (Å²) >= 11 is 3.34. The number of rotatable bonds is 5. The zero-order valence-corrected chi connectivity index (χ0v) is 19.2. The number of piperidine rings is 1. The third-order valence-corrected chi connectivity index (χ3v) is 7.36. The van der Waals surface area contributed by atoms with Crippen molar-refractivity contribution in [2.75, 3.05) is 11.3 Å². The van der Waals surface area contributed by atoms with Crippen LogP contribution in [-0.4, -0.2) is 37.7 Å². The number of nitrogens with zero attached hydrogens (tertiary/aromatic N) is 1. The van der Waals surface area contributed by atoms with Gasteiger partial charge in [-0.15, -0.1) is 0 Å². The van der Waals surface area contributed by atoms with Crippen molar-refractivity contribution in [3.63, 3.8) is 0 Å². The molecule has 2 aromatic rings. The van der Waals surface area contributed by atoms with Crippen LogP contribution in [0, 0.1) is 12.8 Å². The van der Waals surface area contributed by atoms with Crippen molar-refractivity contribution >= 4 is 43.5 Å². The van der Waals surface area contributed by atoms with Gasteiger partial charge in [-0.25, -0.2) is 8.42 Å². The number of halogens is 1. The van der Waals surface area contributed by atoms with Gasteiger partial charge in [0.1, 0.15) is 0 Å². The molecule has 0 aliphatic carbocycles. The van der Waals surface area contributed by atoms with Crippen LogP contribution < -0.4 is 10.5 Å². The summed E-state index contributed by atoms with van der Waals surface area (Å²) < 4.78 is 29.0. The van der Waals surface area contributed by atoms with E-state index in [-0.39, 0.29) is 29.0 Å². The lowest BCUT2D eigenvalue weighted by atomic mass is 9.92. The maximum absolute atomic E-state index is 13.1. The fraction of sp³-hybridized carbons (Fsp3) is 0.333. The molecule has 30 heavy (non-hydrogen) atoms. The molecule has 2 atom stereocenters. The molecule has 0 bridgehead atoms. The number of hydrogen-bond acceptors (Lipinski definition) is 4. The number of sulfonamides is 1. The number of carbonyl (C=O) groups excluding carboxylic acids is 2. The van der Waals surface area contributed by atoms with Gasteiger partial charge in [-0.1, -0.05) is 12.1 Å². The van der Waals surface area contributed by atoms with E-state index in [2.05, 4.69) is 20.7 Å². The minimum absolute atomic E-state index is 0.0159. The molecule has 0 saturated carbocycles. The quantitative estimate of drug-likeness (QED) is 0.665. The van der Waals surface area contributed by atoms with Crippen molar-refractivity contribution in [2.24, 2.45) is 11.7 Å². The van der Waals surface area contributed by atoms with Gasteiger partial charge in [0.25, 0.3) is 15.9 Å². The number of carbonyl (C=O) groups is 2. The van der Waals surface area contributed by atoms with Gasteiger partial charge in [-0.05, 0) is 78.5 Å². The molecule has 0 aromatic heterocycles. The van der Waals surface area contributed by atoms with Crippen molar-refractivity contribution in [2.45, 2.75) is 37.6 Å². The van der Waals surface area contributed by atoms with E-state index in [1.54, 1.807) is 23.1 Å². The molecule has 9 heteroatoms. The normalized spacial score (nSPS) is 19.4. The second kappa shape index (κ2) is 8.77. The molecule has 3 rings (SSSR count). The molecule has 7 nitrogen and oxygen atoms in total. The number of nitrogens with one attached hydrogen (secondary N) is 1. The topological polar surface area (TPSA) is 110 Å². The molecule has 1 fully saturated rings. The summed E-state index contributed by atoms with van der Waals surface area (Å²) in [5.41, 5.74) is 6.99. The van der Waals surface area contributed by atoms with Crippen LogP contribution in [0.2, 0.25) is 0 Å². The Morgan fingerprint density at radius 3 is 2.60 bits per heavy atom. The first kappa shape index (κ1) is 22.3. The van der Waals surface area contributed by atoms with Crippen LogP contribution in [0.3, 0.4) is 0 Å². The summed E-state index contributed by atoms with van der Waals surface area (Å²) in [4.78, 5) is 26.2. The Bertz CT molecular complexity index is 1090. The first-order valence-electron chi connectivity index (χ1n) is 9.58. The number of benzene rings is 2. The molecule has 1 aliphatic rings. The van der Waals surface area contributed by atoms with Gasteiger partial charge < -0.3 is 10.6 Å². The van der Waals surface area contributed by atoms with Crippen LogP contribution in [0.5, 0.6) is 0 Å². The fourth-order valence-corrected chi connectivity index (χ4v) is 5.10. The fourth-order valence-electron chi connectivity index (χ4n) is 3.51. The Kier molecular flexibility index (Phi) is 6.52. The van der Waals surface area contributed by atoms with Crippen LogP contribution in [0.25, 0.3) is 0 Å². The predicted molar refractivity (Wildman–Crippen MR) is 119 cm³/mol. The number of hydrogen-bond donors (Lipinski definition) is 2. The second-order valence-electron chi connectivity index (χ2n) is 7.60. The maximum atomic E-state index is 13.1. The number of anilines is 1.